The van der Waals surface area contributed by atoms with Crippen LogP contribution in [0.4, 0.5) is 10.5 Å². The SMILES string of the molecule is COc1ccc(S(=O)(=O)NCCCNC(=O)Nc2ccc(Cl)c(Cl)c2)cc1. The first-order chi connectivity index (χ1) is 12.8. The summed E-state index contributed by atoms with van der Waals surface area (Å²) in [5, 5.41) is 5.97. The Labute approximate surface area is 168 Å². The number of sulfonamides is 1. The number of nitrogens with one attached hydrogen (secondary N) is 3. The minimum atomic E-state index is -3.60. The number of methoxy groups -OCH3 is 1. The van der Waals surface area contributed by atoms with Gasteiger partial charge in [-0.1, -0.05) is 23.2 Å². The van der Waals surface area contributed by atoms with Gasteiger partial charge in [0.1, 0.15) is 5.75 Å². The van der Waals surface area contributed by atoms with Crippen LogP contribution in [0, 0.1) is 0 Å². The van der Waals surface area contributed by atoms with Crippen molar-refractivity contribution in [2.75, 3.05) is 25.5 Å². The highest BCUT2D eigenvalue weighted by atomic mass is 35.5. The maximum Gasteiger partial charge on any atom is 0.319 e. The van der Waals surface area contributed by atoms with Crippen LogP contribution in [0.2, 0.25) is 10.0 Å². The third-order valence-electron chi connectivity index (χ3n) is 3.48. The fraction of sp³-hybridized carbons (Fsp3) is 0.235. The van der Waals surface area contributed by atoms with Crippen molar-refractivity contribution in [3.8, 4) is 5.75 Å². The van der Waals surface area contributed by atoms with Gasteiger partial charge in [0.05, 0.1) is 22.1 Å². The third kappa shape index (κ3) is 6.59. The van der Waals surface area contributed by atoms with E-state index in [1.165, 1.54) is 25.3 Å². The highest BCUT2D eigenvalue weighted by Gasteiger charge is 2.13. The first-order valence-corrected chi connectivity index (χ1v) is 10.2. The van der Waals surface area contributed by atoms with Crippen molar-refractivity contribution in [2.45, 2.75) is 11.3 Å². The van der Waals surface area contributed by atoms with Gasteiger partial charge in [0.15, 0.2) is 0 Å². The van der Waals surface area contributed by atoms with E-state index in [1.54, 1.807) is 24.3 Å². The Hall–Kier alpha value is -2.00. The number of hydrogen-bond acceptors (Lipinski definition) is 4. The minimum absolute atomic E-state index is 0.147. The molecule has 0 spiro atoms. The smallest absolute Gasteiger partial charge is 0.319 e. The quantitative estimate of drug-likeness (QED) is 0.557. The Morgan fingerprint density at radius 2 is 1.74 bits per heavy atom. The van der Waals surface area contributed by atoms with Gasteiger partial charge >= 0.3 is 6.03 Å². The number of amides is 2. The van der Waals surface area contributed by atoms with E-state index in [4.69, 9.17) is 27.9 Å². The molecule has 0 aliphatic heterocycles. The van der Waals surface area contributed by atoms with Gasteiger partial charge in [-0.3, -0.25) is 0 Å². The average Bonchev–Trinajstić information content (AvgIpc) is 2.64. The molecule has 0 aliphatic carbocycles. The molecule has 27 heavy (non-hydrogen) atoms. The number of anilines is 1. The Morgan fingerprint density at radius 1 is 1.04 bits per heavy atom. The molecular weight excluding hydrogens is 413 g/mol. The molecule has 2 rings (SSSR count). The molecule has 0 aliphatic rings. The second kappa shape index (κ2) is 9.80. The Balaban J connectivity index is 1.72. The normalized spacial score (nSPS) is 11.1. The molecule has 0 radical (unpaired) electrons. The van der Waals surface area contributed by atoms with Gasteiger partial charge in [-0.15, -0.1) is 0 Å². The predicted octanol–water partition coefficient (Wildman–Crippen LogP) is 3.49. The molecule has 3 N–H and O–H groups in total. The molecule has 146 valence electrons. The lowest BCUT2D eigenvalue weighted by atomic mass is 10.3. The average molecular weight is 432 g/mol. The molecule has 2 aromatic rings. The van der Waals surface area contributed by atoms with Crippen molar-refractivity contribution in [1.29, 1.82) is 0 Å². The molecule has 0 heterocycles. The summed E-state index contributed by atoms with van der Waals surface area (Å²) < 4.78 is 31.8. The van der Waals surface area contributed by atoms with Crippen molar-refractivity contribution < 1.29 is 17.9 Å². The molecule has 7 nitrogen and oxygen atoms in total. The minimum Gasteiger partial charge on any atom is -0.497 e. The van der Waals surface area contributed by atoms with E-state index in [0.717, 1.165) is 0 Å². The van der Waals surface area contributed by atoms with Gasteiger partial charge in [0.2, 0.25) is 10.0 Å². The molecule has 0 fully saturated rings. The number of hydrogen-bond donors (Lipinski definition) is 3. The summed E-state index contributed by atoms with van der Waals surface area (Å²) in [5.41, 5.74) is 0.502. The maximum atomic E-state index is 12.2. The highest BCUT2D eigenvalue weighted by molar-refractivity contribution is 7.89. The van der Waals surface area contributed by atoms with E-state index >= 15 is 0 Å². The third-order valence-corrected chi connectivity index (χ3v) is 5.69. The summed E-state index contributed by atoms with van der Waals surface area (Å²) >= 11 is 11.7. The number of ether oxygens (including phenoxy) is 1. The largest absolute Gasteiger partial charge is 0.497 e. The van der Waals surface area contributed by atoms with E-state index in [0.29, 0.717) is 27.9 Å². The Morgan fingerprint density at radius 3 is 2.37 bits per heavy atom. The summed E-state index contributed by atoms with van der Waals surface area (Å²) in [6.45, 7) is 0.472. The van der Waals surface area contributed by atoms with Crippen LogP contribution >= 0.6 is 23.2 Å². The standard InChI is InChI=1S/C17H19Cl2N3O4S/c1-26-13-4-6-14(7-5-13)27(24,25)21-10-2-9-20-17(23)22-12-3-8-15(18)16(19)11-12/h3-8,11,21H,2,9-10H2,1H3,(H2,20,22,23). The summed E-state index contributed by atoms with van der Waals surface area (Å²) in [7, 11) is -2.10. The van der Waals surface area contributed by atoms with Crippen LogP contribution in [0.1, 0.15) is 6.42 Å². The molecule has 2 aromatic carbocycles. The van der Waals surface area contributed by atoms with Gasteiger partial charge < -0.3 is 15.4 Å². The molecule has 0 saturated heterocycles. The zero-order valence-electron chi connectivity index (χ0n) is 14.5. The molecule has 0 aromatic heterocycles. The molecule has 0 atom stereocenters. The number of halogens is 2. The second-order valence-corrected chi connectivity index (χ2v) is 8.02. The lowest BCUT2D eigenvalue weighted by Gasteiger charge is -2.09. The topological polar surface area (TPSA) is 96.5 Å². The van der Waals surface area contributed by atoms with Crippen LogP contribution in [0.15, 0.2) is 47.4 Å². The van der Waals surface area contributed by atoms with Crippen LogP contribution in [0.25, 0.3) is 0 Å². The summed E-state index contributed by atoms with van der Waals surface area (Å²) in [5.74, 6) is 0.575. The van der Waals surface area contributed by atoms with Crippen molar-refractivity contribution >= 4 is 44.9 Å². The molecule has 0 saturated carbocycles. The zero-order valence-corrected chi connectivity index (χ0v) is 16.8. The van der Waals surface area contributed by atoms with E-state index in [9.17, 15) is 13.2 Å². The molecule has 0 bridgehead atoms. The van der Waals surface area contributed by atoms with Crippen LogP contribution in [-0.2, 0) is 10.0 Å². The van der Waals surface area contributed by atoms with Crippen molar-refractivity contribution in [1.82, 2.24) is 10.0 Å². The Kier molecular flexibility index (Phi) is 7.73. The van der Waals surface area contributed by atoms with Gasteiger partial charge in [-0.25, -0.2) is 17.9 Å². The van der Waals surface area contributed by atoms with Crippen molar-refractivity contribution in [3.63, 3.8) is 0 Å². The maximum absolute atomic E-state index is 12.2. The number of benzene rings is 2. The molecule has 0 unspecified atom stereocenters. The number of carbonyl (C=O) groups excluding carboxylic acids is 1. The number of rotatable bonds is 8. The van der Waals surface area contributed by atoms with E-state index in [1.807, 2.05) is 0 Å². The van der Waals surface area contributed by atoms with Crippen LogP contribution < -0.4 is 20.1 Å². The van der Waals surface area contributed by atoms with E-state index in [-0.39, 0.29) is 18.0 Å². The van der Waals surface area contributed by atoms with Crippen molar-refractivity contribution in [2.24, 2.45) is 0 Å². The zero-order chi connectivity index (χ0) is 19.9. The molecule has 2 amide bonds. The van der Waals surface area contributed by atoms with Crippen LogP contribution in [-0.4, -0.2) is 34.6 Å². The fourth-order valence-corrected chi connectivity index (χ4v) is 3.46. The van der Waals surface area contributed by atoms with Crippen LogP contribution in [0.3, 0.4) is 0 Å². The van der Waals surface area contributed by atoms with Gasteiger partial charge in [0.25, 0.3) is 0 Å². The summed E-state index contributed by atoms with van der Waals surface area (Å²) in [6, 6.07) is 10.4. The van der Waals surface area contributed by atoms with Gasteiger partial charge in [-0.2, -0.15) is 0 Å². The predicted molar refractivity (Wildman–Crippen MR) is 106 cm³/mol. The summed E-state index contributed by atoms with van der Waals surface area (Å²) in [6.07, 6.45) is 0.421. The first kappa shape index (κ1) is 21.3. The van der Waals surface area contributed by atoms with Crippen molar-refractivity contribution in [3.05, 3.63) is 52.5 Å². The molecule has 10 heteroatoms. The van der Waals surface area contributed by atoms with E-state index < -0.39 is 16.1 Å². The second-order valence-electron chi connectivity index (χ2n) is 5.44. The lowest BCUT2D eigenvalue weighted by molar-refractivity contribution is 0.252. The fourth-order valence-electron chi connectivity index (χ4n) is 2.08. The van der Waals surface area contributed by atoms with Crippen LogP contribution in [0.5, 0.6) is 5.75 Å². The van der Waals surface area contributed by atoms with Gasteiger partial charge in [-0.05, 0) is 48.9 Å². The highest BCUT2D eigenvalue weighted by Crippen LogP contribution is 2.24. The van der Waals surface area contributed by atoms with Gasteiger partial charge in [0, 0.05) is 18.8 Å². The Bertz CT molecular complexity index is 890. The number of urea groups is 1. The lowest BCUT2D eigenvalue weighted by Crippen LogP contribution is -2.32. The first-order valence-electron chi connectivity index (χ1n) is 7.95. The van der Waals surface area contributed by atoms with E-state index in [2.05, 4.69) is 15.4 Å². The number of carbonyl (C=O) groups is 1. The summed E-state index contributed by atoms with van der Waals surface area (Å²) in [4.78, 5) is 11.9. The molecular formula is C17H19Cl2N3O4S. The monoisotopic (exact) mass is 431 g/mol.